The fraction of sp³-hybridized carbons (Fsp3) is 0.0833. The molecule has 0 unspecified atom stereocenters. The topological polar surface area (TPSA) is 83.0 Å². The van der Waals surface area contributed by atoms with Crippen LogP contribution in [-0.4, -0.2) is 27.0 Å². The van der Waals surface area contributed by atoms with Crippen molar-refractivity contribution in [1.29, 1.82) is 0 Å². The maximum atomic E-state index is 13.1. The molecule has 7 nitrogen and oxygen atoms in total. The number of ether oxygens (including phenoxy) is 1. The molecule has 0 saturated heterocycles. The second-order valence-corrected chi connectivity index (χ2v) is 7.10. The van der Waals surface area contributed by atoms with E-state index in [0.717, 1.165) is 16.9 Å². The van der Waals surface area contributed by atoms with Gasteiger partial charge in [0.1, 0.15) is 5.75 Å². The zero-order valence-electron chi connectivity index (χ0n) is 16.9. The van der Waals surface area contributed by atoms with E-state index in [9.17, 15) is 4.79 Å². The van der Waals surface area contributed by atoms with Gasteiger partial charge in [-0.05, 0) is 49.4 Å². The first kappa shape index (κ1) is 18.7. The summed E-state index contributed by atoms with van der Waals surface area (Å²) >= 11 is 0. The van der Waals surface area contributed by atoms with Gasteiger partial charge in [-0.25, -0.2) is 0 Å². The quantitative estimate of drug-likeness (QED) is 0.436. The normalized spacial score (nSPS) is 11.0. The summed E-state index contributed by atoms with van der Waals surface area (Å²) in [6.07, 6.45) is 0. The number of methoxy groups -OCH3 is 1. The number of benzene rings is 3. The van der Waals surface area contributed by atoms with Crippen LogP contribution in [0.2, 0.25) is 0 Å². The van der Waals surface area contributed by atoms with E-state index in [1.807, 2.05) is 73.7 Å². The highest BCUT2D eigenvalue weighted by Crippen LogP contribution is 2.27. The molecule has 0 saturated carbocycles. The molecule has 0 aliphatic rings. The molecule has 152 valence electrons. The van der Waals surface area contributed by atoms with E-state index < -0.39 is 0 Å². The Balaban J connectivity index is 1.68. The van der Waals surface area contributed by atoms with Crippen LogP contribution in [0.25, 0.3) is 39.4 Å². The number of nitrogens with zero attached hydrogens (tertiary/aromatic N) is 4. The summed E-state index contributed by atoms with van der Waals surface area (Å²) in [4.78, 5) is 17.6. The third kappa shape index (κ3) is 3.36. The summed E-state index contributed by atoms with van der Waals surface area (Å²) in [5, 5.41) is 9.88. The van der Waals surface area contributed by atoms with Crippen LogP contribution < -0.4 is 10.3 Å². The summed E-state index contributed by atoms with van der Waals surface area (Å²) in [7, 11) is 1.61. The Bertz CT molecular complexity index is 1430. The zero-order valence-corrected chi connectivity index (χ0v) is 16.9. The molecular formula is C24H18N4O3. The van der Waals surface area contributed by atoms with E-state index in [-0.39, 0.29) is 11.4 Å². The van der Waals surface area contributed by atoms with Crippen molar-refractivity contribution in [2.24, 2.45) is 0 Å². The molecule has 5 aromatic rings. The van der Waals surface area contributed by atoms with Gasteiger partial charge in [0.2, 0.25) is 5.82 Å². The molecule has 3 aromatic carbocycles. The van der Waals surface area contributed by atoms with Gasteiger partial charge in [-0.1, -0.05) is 41.1 Å². The highest BCUT2D eigenvalue weighted by molar-refractivity contribution is 5.92. The minimum absolute atomic E-state index is 0.210. The molecular weight excluding hydrogens is 392 g/mol. The summed E-state index contributed by atoms with van der Waals surface area (Å²) < 4.78 is 12.1. The van der Waals surface area contributed by atoms with Crippen LogP contribution >= 0.6 is 0 Å². The number of hydrogen-bond acceptors (Lipinski definition) is 6. The second kappa shape index (κ2) is 7.53. The number of hydrogen-bond donors (Lipinski definition) is 0. The third-order valence-corrected chi connectivity index (χ3v) is 5.06. The van der Waals surface area contributed by atoms with Crippen LogP contribution in [0.15, 0.2) is 82.1 Å². The predicted molar refractivity (Wildman–Crippen MR) is 117 cm³/mol. The molecule has 0 amide bonds. The standard InChI is InChI=1S/C24H18N4O3/c1-15-7-11-17(12-8-15)28-24(29)20-6-4-3-5-19(20)21(26-28)23-25-22(27-31-23)16-9-13-18(30-2)14-10-16/h3-14H,1-2H3. The lowest BCUT2D eigenvalue weighted by atomic mass is 10.1. The average molecular weight is 410 g/mol. The summed E-state index contributed by atoms with van der Waals surface area (Å²) in [6.45, 7) is 1.99. The SMILES string of the molecule is COc1ccc(-c2noc(-c3nn(-c4ccc(C)cc4)c(=O)c4ccccc34)n2)cc1. The number of fused-ring (bicyclic) bond motifs is 1. The van der Waals surface area contributed by atoms with Gasteiger partial charge < -0.3 is 9.26 Å². The minimum atomic E-state index is -0.210. The second-order valence-electron chi connectivity index (χ2n) is 7.10. The minimum Gasteiger partial charge on any atom is -0.497 e. The Hall–Kier alpha value is -4.26. The van der Waals surface area contributed by atoms with E-state index in [1.54, 1.807) is 13.2 Å². The molecule has 0 aliphatic carbocycles. The van der Waals surface area contributed by atoms with E-state index in [0.29, 0.717) is 28.0 Å². The maximum absolute atomic E-state index is 13.1. The Morgan fingerprint density at radius 1 is 0.903 bits per heavy atom. The van der Waals surface area contributed by atoms with Crippen LogP contribution in [0.3, 0.4) is 0 Å². The smallest absolute Gasteiger partial charge is 0.279 e. The van der Waals surface area contributed by atoms with Crippen LogP contribution in [0.5, 0.6) is 5.75 Å². The lowest BCUT2D eigenvalue weighted by Crippen LogP contribution is -2.22. The summed E-state index contributed by atoms with van der Waals surface area (Å²) in [5.41, 5.74) is 2.78. The van der Waals surface area contributed by atoms with Crippen molar-refractivity contribution in [3.8, 4) is 34.4 Å². The van der Waals surface area contributed by atoms with Crippen molar-refractivity contribution in [2.45, 2.75) is 6.92 Å². The molecule has 0 aliphatic heterocycles. The van der Waals surface area contributed by atoms with E-state index >= 15 is 0 Å². The van der Waals surface area contributed by atoms with Gasteiger partial charge in [0.05, 0.1) is 18.2 Å². The Morgan fingerprint density at radius 3 is 2.32 bits per heavy atom. The fourth-order valence-corrected chi connectivity index (χ4v) is 3.39. The highest BCUT2D eigenvalue weighted by Gasteiger charge is 2.19. The van der Waals surface area contributed by atoms with Crippen LogP contribution in [0.4, 0.5) is 0 Å². The predicted octanol–water partition coefficient (Wildman–Crippen LogP) is 4.42. The zero-order chi connectivity index (χ0) is 21.4. The molecule has 0 spiro atoms. The number of rotatable bonds is 4. The van der Waals surface area contributed by atoms with Crippen molar-refractivity contribution in [1.82, 2.24) is 19.9 Å². The van der Waals surface area contributed by atoms with Crippen LogP contribution in [0, 0.1) is 6.92 Å². The number of aryl methyl sites for hydroxylation is 1. The van der Waals surface area contributed by atoms with Crippen LogP contribution in [0.1, 0.15) is 5.56 Å². The van der Waals surface area contributed by atoms with Gasteiger partial charge in [-0.15, -0.1) is 0 Å². The Labute approximate surface area is 177 Å². The Kier molecular flexibility index (Phi) is 4.55. The van der Waals surface area contributed by atoms with E-state index in [1.165, 1.54) is 4.68 Å². The molecule has 0 bridgehead atoms. The molecule has 0 fully saturated rings. The molecule has 2 heterocycles. The first-order chi connectivity index (χ1) is 15.1. The summed E-state index contributed by atoms with van der Waals surface area (Å²) in [6, 6.07) is 22.2. The highest BCUT2D eigenvalue weighted by atomic mass is 16.5. The van der Waals surface area contributed by atoms with E-state index in [2.05, 4.69) is 15.2 Å². The molecule has 31 heavy (non-hydrogen) atoms. The first-order valence-electron chi connectivity index (χ1n) is 9.71. The van der Waals surface area contributed by atoms with Crippen molar-refractivity contribution in [2.75, 3.05) is 7.11 Å². The molecule has 7 heteroatoms. The van der Waals surface area contributed by atoms with Gasteiger partial charge >= 0.3 is 0 Å². The van der Waals surface area contributed by atoms with Gasteiger partial charge in [-0.2, -0.15) is 14.8 Å². The first-order valence-corrected chi connectivity index (χ1v) is 9.71. The van der Waals surface area contributed by atoms with Gasteiger partial charge in [0, 0.05) is 10.9 Å². The third-order valence-electron chi connectivity index (χ3n) is 5.06. The van der Waals surface area contributed by atoms with E-state index in [4.69, 9.17) is 9.26 Å². The monoisotopic (exact) mass is 410 g/mol. The maximum Gasteiger partial charge on any atom is 0.279 e. The molecule has 0 radical (unpaired) electrons. The van der Waals surface area contributed by atoms with Crippen LogP contribution in [-0.2, 0) is 0 Å². The lowest BCUT2D eigenvalue weighted by Gasteiger charge is -2.09. The molecule has 0 atom stereocenters. The van der Waals surface area contributed by atoms with Gasteiger partial charge in [0.15, 0.2) is 5.69 Å². The lowest BCUT2D eigenvalue weighted by molar-refractivity contribution is 0.414. The summed E-state index contributed by atoms with van der Waals surface area (Å²) in [5.74, 6) is 1.41. The van der Waals surface area contributed by atoms with Crippen molar-refractivity contribution in [3.05, 3.63) is 88.7 Å². The van der Waals surface area contributed by atoms with Crippen molar-refractivity contribution < 1.29 is 9.26 Å². The number of aromatic nitrogens is 4. The van der Waals surface area contributed by atoms with Crippen molar-refractivity contribution in [3.63, 3.8) is 0 Å². The average Bonchev–Trinajstić information content (AvgIpc) is 3.30. The van der Waals surface area contributed by atoms with Gasteiger partial charge in [0.25, 0.3) is 11.4 Å². The largest absolute Gasteiger partial charge is 0.497 e. The van der Waals surface area contributed by atoms with Crippen molar-refractivity contribution >= 4 is 10.8 Å². The van der Waals surface area contributed by atoms with Gasteiger partial charge in [-0.3, -0.25) is 4.79 Å². The Morgan fingerprint density at radius 2 is 1.61 bits per heavy atom. The molecule has 2 aromatic heterocycles. The fourth-order valence-electron chi connectivity index (χ4n) is 3.39. The molecule has 5 rings (SSSR count). The molecule has 0 N–H and O–H groups in total.